The van der Waals surface area contributed by atoms with Crippen LogP contribution in [0.1, 0.15) is 50.7 Å². The highest BCUT2D eigenvalue weighted by Crippen LogP contribution is 2.21. The second-order valence-electron chi connectivity index (χ2n) is 5.94. The molecule has 118 valence electrons. The largest absolute Gasteiger partial charge is 0.493 e. The molecule has 1 N–H and O–H groups in total. The zero-order valence-corrected chi connectivity index (χ0v) is 13.9. The van der Waals surface area contributed by atoms with Crippen molar-refractivity contribution in [3.05, 3.63) is 59.7 Å². The molecule has 2 aromatic carbocycles. The quantitative estimate of drug-likeness (QED) is 0.640. The van der Waals surface area contributed by atoms with Crippen LogP contribution in [0.15, 0.2) is 48.5 Å². The third-order valence-electron chi connectivity index (χ3n) is 3.79. The van der Waals surface area contributed by atoms with Crippen molar-refractivity contribution in [1.29, 1.82) is 0 Å². The normalized spacial score (nSPS) is 10.7. The molecule has 2 nitrogen and oxygen atoms in total. The molecule has 0 radical (unpaired) electrons. The monoisotopic (exact) mass is 297 g/mol. The maximum atomic E-state index is 5.88. The van der Waals surface area contributed by atoms with Crippen molar-refractivity contribution in [2.45, 2.75) is 46.1 Å². The predicted molar refractivity (Wildman–Crippen MR) is 94.7 cm³/mol. The Morgan fingerprint density at radius 1 is 1.00 bits per heavy atom. The molecule has 0 aromatic heterocycles. The Labute approximate surface area is 134 Å². The van der Waals surface area contributed by atoms with Crippen LogP contribution in [0.5, 0.6) is 5.75 Å². The summed E-state index contributed by atoms with van der Waals surface area (Å²) in [5.41, 5.74) is 3.72. The van der Waals surface area contributed by atoms with E-state index in [0.717, 1.165) is 37.4 Å². The van der Waals surface area contributed by atoms with E-state index in [1.54, 1.807) is 0 Å². The molecule has 2 rings (SSSR count). The molecule has 22 heavy (non-hydrogen) atoms. The van der Waals surface area contributed by atoms with Gasteiger partial charge in [0.05, 0.1) is 6.61 Å². The van der Waals surface area contributed by atoms with Gasteiger partial charge in [-0.15, -0.1) is 0 Å². The van der Waals surface area contributed by atoms with Crippen LogP contribution < -0.4 is 10.1 Å². The highest BCUT2D eigenvalue weighted by Gasteiger charge is 2.03. The molecule has 0 aliphatic carbocycles. The molecule has 0 spiro atoms. The number of unbranched alkanes of at least 4 members (excludes halogenated alkanes) is 1. The summed E-state index contributed by atoms with van der Waals surface area (Å²) >= 11 is 0. The predicted octanol–water partition coefficient (Wildman–Crippen LogP) is 5.60. The summed E-state index contributed by atoms with van der Waals surface area (Å²) in [5, 5.41) is 3.48. The van der Waals surface area contributed by atoms with Gasteiger partial charge in [0, 0.05) is 17.8 Å². The molecule has 0 saturated carbocycles. The molecule has 0 unspecified atom stereocenters. The number of nitrogens with one attached hydrogen (secondary N) is 1. The second-order valence-corrected chi connectivity index (χ2v) is 5.94. The van der Waals surface area contributed by atoms with Crippen molar-refractivity contribution < 1.29 is 4.74 Å². The van der Waals surface area contributed by atoms with Crippen molar-refractivity contribution in [3.63, 3.8) is 0 Å². The Hall–Kier alpha value is -1.96. The molecular weight excluding hydrogens is 270 g/mol. The highest BCUT2D eigenvalue weighted by molar-refractivity contribution is 5.47. The molecule has 0 amide bonds. The van der Waals surface area contributed by atoms with Gasteiger partial charge in [-0.2, -0.15) is 0 Å². The molecule has 0 heterocycles. The van der Waals surface area contributed by atoms with Gasteiger partial charge in [0.25, 0.3) is 0 Å². The number of hydrogen-bond donors (Lipinski definition) is 1. The zero-order chi connectivity index (χ0) is 15.8. The Morgan fingerprint density at radius 3 is 2.41 bits per heavy atom. The van der Waals surface area contributed by atoms with Gasteiger partial charge in [-0.3, -0.25) is 0 Å². The zero-order valence-electron chi connectivity index (χ0n) is 13.9. The molecule has 2 aromatic rings. The van der Waals surface area contributed by atoms with E-state index in [9.17, 15) is 0 Å². The lowest BCUT2D eigenvalue weighted by molar-refractivity contribution is 0.306. The van der Waals surface area contributed by atoms with E-state index in [2.05, 4.69) is 68.6 Å². The SMILES string of the molecule is CCCCOc1ccccc1CNc1ccc(C(C)C)cc1. The Morgan fingerprint density at radius 2 is 1.73 bits per heavy atom. The lowest BCUT2D eigenvalue weighted by Crippen LogP contribution is -2.04. The van der Waals surface area contributed by atoms with E-state index in [1.165, 1.54) is 11.1 Å². The van der Waals surface area contributed by atoms with Crippen molar-refractivity contribution in [2.75, 3.05) is 11.9 Å². The van der Waals surface area contributed by atoms with E-state index in [4.69, 9.17) is 4.74 Å². The van der Waals surface area contributed by atoms with Gasteiger partial charge in [-0.05, 0) is 36.1 Å². The average Bonchev–Trinajstić information content (AvgIpc) is 2.54. The van der Waals surface area contributed by atoms with Crippen molar-refractivity contribution in [2.24, 2.45) is 0 Å². The lowest BCUT2D eigenvalue weighted by Gasteiger charge is -2.13. The first kappa shape index (κ1) is 16.4. The summed E-state index contributed by atoms with van der Waals surface area (Å²) in [6.07, 6.45) is 2.25. The summed E-state index contributed by atoms with van der Waals surface area (Å²) in [6, 6.07) is 16.9. The maximum absolute atomic E-state index is 5.88. The third kappa shape index (κ3) is 4.80. The van der Waals surface area contributed by atoms with Gasteiger partial charge >= 0.3 is 0 Å². The fourth-order valence-electron chi connectivity index (χ4n) is 2.30. The number of hydrogen-bond acceptors (Lipinski definition) is 2. The van der Waals surface area contributed by atoms with E-state index >= 15 is 0 Å². The van der Waals surface area contributed by atoms with Gasteiger partial charge in [-0.1, -0.05) is 57.5 Å². The van der Waals surface area contributed by atoms with E-state index in [1.807, 2.05) is 6.07 Å². The van der Waals surface area contributed by atoms with Crippen molar-refractivity contribution in [1.82, 2.24) is 0 Å². The van der Waals surface area contributed by atoms with Gasteiger partial charge in [-0.25, -0.2) is 0 Å². The van der Waals surface area contributed by atoms with E-state index in [0.29, 0.717) is 5.92 Å². The first-order chi connectivity index (χ1) is 10.7. The first-order valence-electron chi connectivity index (χ1n) is 8.25. The van der Waals surface area contributed by atoms with Crippen LogP contribution in [0.4, 0.5) is 5.69 Å². The number of benzene rings is 2. The number of rotatable bonds is 8. The summed E-state index contributed by atoms with van der Waals surface area (Å²) in [5.74, 6) is 1.56. The minimum Gasteiger partial charge on any atom is -0.493 e. The third-order valence-corrected chi connectivity index (χ3v) is 3.79. The summed E-state index contributed by atoms with van der Waals surface area (Å²) < 4.78 is 5.88. The summed E-state index contributed by atoms with van der Waals surface area (Å²) in [6.45, 7) is 8.18. The summed E-state index contributed by atoms with van der Waals surface area (Å²) in [4.78, 5) is 0. The summed E-state index contributed by atoms with van der Waals surface area (Å²) in [7, 11) is 0. The van der Waals surface area contributed by atoms with Crippen LogP contribution in [-0.4, -0.2) is 6.61 Å². The van der Waals surface area contributed by atoms with Crippen LogP contribution in [0.3, 0.4) is 0 Å². The van der Waals surface area contributed by atoms with Crippen LogP contribution in [0, 0.1) is 0 Å². The topological polar surface area (TPSA) is 21.3 Å². The second kappa shape index (κ2) is 8.47. The Balaban J connectivity index is 1.96. The minimum absolute atomic E-state index is 0.571. The number of para-hydroxylation sites is 1. The van der Waals surface area contributed by atoms with Crippen molar-refractivity contribution in [3.8, 4) is 5.75 Å². The van der Waals surface area contributed by atoms with Crippen LogP contribution in [0.2, 0.25) is 0 Å². The van der Waals surface area contributed by atoms with E-state index < -0.39 is 0 Å². The first-order valence-corrected chi connectivity index (χ1v) is 8.25. The molecule has 2 heteroatoms. The minimum atomic E-state index is 0.571. The molecule has 0 saturated heterocycles. The fourth-order valence-corrected chi connectivity index (χ4v) is 2.30. The van der Waals surface area contributed by atoms with Gasteiger partial charge < -0.3 is 10.1 Å². The standard InChI is InChI=1S/C20H27NO/c1-4-5-14-22-20-9-7-6-8-18(20)15-21-19-12-10-17(11-13-19)16(2)3/h6-13,16,21H,4-5,14-15H2,1-3H3. The Kier molecular flexibility index (Phi) is 6.32. The van der Waals surface area contributed by atoms with Gasteiger partial charge in [0.2, 0.25) is 0 Å². The smallest absolute Gasteiger partial charge is 0.124 e. The number of anilines is 1. The van der Waals surface area contributed by atoms with Gasteiger partial charge in [0.15, 0.2) is 0 Å². The molecular formula is C20H27NO. The molecule has 0 bridgehead atoms. The molecule has 0 atom stereocenters. The van der Waals surface area contributed by atoms with Crippen molar-refractivity contribution >= 4 is 5.69 Å². The Bertz CT molecular complexity index is 560. The number of ether oxygens (including phenoxy) is 1. The lowest BCUT2D eigenvalue weighted by atomic mass is 10.0. The molecule has 0 aliphatic heterocycles. The van der Waals surface area contributed by atoms with E-state index in [-0.39, 0.29) is 0 Å². The molecule has 0 aliphatic rings. The van der Waals surface area contributed by atoms with Crippen LogP contribution in [-0.2, 0) is 6.54 Å². The average molecular weight is 297 g/mol. The molecule has 0 fully saturated rings. The highest BCUT2D eigenvalue weighted by atomic mass is 16.5. The van der Waals surface area contributed by atoms with Crippen LogP contribution >= 0.6 is 0 Å². The maximum Gasteiger partial charge on any atom is 0.124 e. The fraction of sp³-hybridized carbons (Fsp3) is 0.400. The van der Waals surface area contributed by atoms with Crippen LogP contribution in [0.25, 0.3) is 0 Å². The van der Waals surface area contributed by atoms with Gasteiger partial charge in [0.1, 0.15) is 5.75 Å².